The second kappa shape index (κ2) is 8.64. The third-order valence-electron chi connectivity index (χ3n) is 4.91. The van der Waals surface area contributed by atoms with E-state index in [1.54, 1.807) is 28.3 Å². The maximum Gasteiger partial charge on any atom is 0.276 e. The highest BCUT2D eigenvalue weighted by Crippen LogP contribution is 2.31. The third kappa shape index (κ3) is 4.38. The summed E-state index contributed by atoms with van der Waals surface area (Å²) in [5, 5.41) is 8.13. The number of aromatic nitrogens is 3. The summed E-state index contributed by atoms with van der Waals surface area (Å²) in [6, 6.07) is 25.1. The van der Waals surface area contributed by atoms with Crippen LogP contribution >= 0.6 is 11.3 Å². The molecule has 0 aliphatic rings. The zero-order chi connectivity index (χ0) is 21.9. The number of thiazole rings is 1. The largest absolute Gasteiger partial charge is 0.471 e. The van der Waals surface area contributed by atoms with E-state index in [1.165, 1.54) is 10.3 Å². The Kier molecular flexibility index (Phi) is 5.39. The molecule has 0 aliphatic carbocycles. The highest BCUT2D eigenvalue weighted by atomic mass is 32.1. The lowest BCUT2D eigenvalue weighted by molar-refractivity contribution is 0.102. The minimum absolute atomic E-state index is 0.230. The molecule has 0 unspecified atom stereocenters. The maximum absolute atomic E-state index is 12.6. The number of para-hydroxylation sites is 1. The predicted octanol–water partition coefficient (Wildman–Crippen LogP) is 5.76. The molecule has 7 heteroatoms. The average Bonchev–Trinajstić information content (AvgIpc) is 3.46. The van der Waals surface area contributed by atoms with Crippen molar-refractivity contribution in [3.8, 4) is 16.3 Å². The lowest BCUT2D eigenvalue weighted by Gasteiger charge is -2.06. The standard InChI is InChI=1S/C25H20N4O2S/c1-17-7-12-21-23(15-17)32-25(27-21)18-8-10-19(11-9-18)26-24(30)22-13-14-29(28-22)16-31-20-5-3-2-4-6-20/h2-15H,16H2,1H3,(H,26,30). The number of rotatable bonds is 6. The van der Waals surface area contributed by atoms with Crippen molar-refractivity contribution in [3.05, 3.63) is 96.3 Å². The molecule has 1 amide bonds. The molecule has 6 nitrogen and oxygen atoms in total. The number of hydrogen-bond donors (Lipinski definition) is 1. The van der Waals surface area contributed by atoms with Gasteiger partial charge < -0.3 is 10.1 Å². The van der Waals surface area contributed by atoms with Gasteiger partial charge in [-0.25, -0.2) is 9.67 Å². The van der Waals surface area contributed by atoms with Gasteiger partial charge in [-0.05, 0) is 67.1 Å². The molecule has 2 heterocycles. The molecule has 158 valence electrons. The van der Waals surface area contributed by atoms with E-state index in [1.807, 2.05) is 60.7 Å². The van der Waals surface area contributed by atoms with Crippen LogP contribution in [0.1, 0.15) is 16.1 Å². The second-order valence-electron chi connectivity index (χ2n) is 7.35. The van der Waals surface area contributed by atoms with Gasteiger partial charge in [0.1, 0.15) is 10.8 Å². The van der Waals surface area contributed by atoms with Gasteiger partial charge in [-0.2, -0.15) is 5.10 Å². The van der Waals surface area contributed by atoms with E-state index >= 15 is 0 Å². The Morgan fingerprint density at radius 2 is 1.84 bits per heavy atom. The number of anilines is 1. The van der Waals surface area contributed by atoms with E-state index in [4.69, 9.17) is 9.72 Å². The second-order valence-corrected chi connectivity index (χ2v) is 8.38. The monoisotopic (exact) mass is 440 g/mol. The van der Waals surface area contributed by atoms with Gasteiger partial charge in [0.15, 0.2) is 12.4 Å². The predicted molar refractivity (Wildman–Crippen MR) is 127 cm³/mol. The third-order valence-corrected chi connectivity index (χ3v) is 5.98. The van der Waals surface area contributed by atoms with Crippen molar-refractivity contribution in [2.45, 2.75) is 13.7 Å². The quantitative estimate of drug-likeness (QED) is 0.365. The molecule has 1 N–H and O–H groups in total. The number of carbonyl (C=O) groups is 1. The summed E-state index contributed by atoms with van der Waals surface area (Å²) >= 11 is 1.66. The number of ether oxygens (including phenoxy) is 1. The first-order valence-corrected chi connectivity index (χ1v) is 11.0. The van der Waals surface area contributed by atoms with Gasteiger partial charge in [0, 0.05) is 17.4 Å². The molecule has 3 aromatic carbocycles. The Hall–Kier alpha value is -3.97. The van der Waals surface area contributed by atoms with Crippen LogP contribution in [0.3, 0.4) is 0 Å². The van der Waals surface area contributed by atoms with Crippen LogP contribution in [0.4, 0.5) is 5.69 Å². The van der Waals surface area contributed by atoms with Crippen LogP contribution in [0.5, 0.6) is 5.75 Å². The molecule has 0 spiro atoms. The van der Waals surface area contributed by atoms with Crippen LogP contribution in [-0.4, -0.2) is 20.7 Å². The summed E-state index contributed by atoms with van der Waals surface area (Å²) in [4.78, 5) is 17.3. The van der Waals surface area contributed by atoms with Gasteiger partial charge in [0.25, 0.3) is 5.91 Å². The lowest BCUT2D eigenvalue weighted by Crippen LogP contribution is -2.14. The van der Waals surface area contributed by atoms with Crippen molar-refractivity contribution in [2.24, 2.45) is 0 Å². The molecule has 0 bridgehead atoms. The number of amides is 1. The number of fused-ring (bicyclic) bond motifs is 1. The molecule has 0 aliphatic heterocycles. The van der Waals surface area contributed by atoms with Crippen LogP contribution in [0, 0.1) is 6.92 Å². The number of carbonyl (C=O) groups excluding carboxylic acids is 1. The fourth-order valence-corrected chi connectivity index (χ4v) is 4.33. The summed E-state index contributed by atoms with van der Waals surface area (Å²) < 4.78 is 8.40. The summed E-state index contributed by atoms with van der Waals surface area (Å²) in [5.74, 6) is 0.476. The fourth-order valence-electron chi connectivity index (χ4n) is 3.26. The van der Waals surface area contributed by atoms with Crippen molar-refractivity contribution in [1.82, 2.24) is 14.8 Å². The Morgan fingerprint density at radius 1 is 1.03 bits per heavy atom. The molecule has 32 heavy (non-hydrogen) atoms. The normalized spacial score (nSPS) is 10.9. The van der Waals surface area contributed by atoms with Crippen LogP contribution in [0.15, 0.2) is 85.1 Å². The SMILES string of the molecule is Cc1ccc2nc(-c3ccc(NC(=O)c4ccn(COc5ccccc5)n4)cc3)sc2c1. The van der Waals surface area contributed by atoms with Gasteiger partial charge >= 0.3 is 0 Å². The molecular weight excluding hydrogens is 420 g/mol. The van der Waals surface area contributed by atoms with E-state index in [2.05, 4.69) is 29.5 Å². The summed E-state index contributed by atoms with van der Waals surface area (Å²) in [6.07, 6.45) is 1.72. The van der Waals surface area contributed by atoms with E-state index < -0.39 is 0 Å². The average molecular weight is 441 g/mol. The number of nitrogens with one attached hydrogen (secondary N) is 1. The summed E-state index contributed by atoms with van der Waals surface area (Å²) in [6.45, 7) is 2.31. The van der Waals surface area contributed by atoms with E-state index in [0.717, 1.165) is 21.8 Å². The van der Waals surface area contributed by atoms with Gasteiger partial charge in [0.2, 0.25) is 0 Å². The van der Waals surface area contributed by atoms with Crippen molar-refractivity contribution < 1.29 is 9.53 Å². The van der Waals surface area contributed by atoms with E-state index in [9.17, 15) is 4.79 Å². The summed E-state index contributed by atoms with van der Waals surface area (Å²) in [5.41, 5.74) is 4.27. The smallest absolute Gasteiger partial charge is 0.276 e. The zero-order valence-corrected chi connectivity index (χ0v) is 18.2. The first kappa shape index (κ1) is 20.0. The Labute approximate surface area is 189 Å². The number of aryl methyl sites for hydroxylation is 1. The molecule has 2 aromatic heterocycles. The van der Waals surface area contributed by atoms with E-state index in [-0.39, 0.29) is 12.6 Å². The van der Waals surface area contributed by atoms with Crippen molar-refractivity contribution >= 4 is 33.1 Å². The van der Waals surface area contributed by atoms with Gasteiger partial charge in [0.05, 0.1) is 10.2 Å². The van der Waals surface area contributed by atoms with Crippen LogP contribution in [0.25, 0.3) is 20.8 Å². The fraction of sp³-hybridized carbons (Fsp3) is 0.0800. The van der Waals surface area contributed by atoms with Crippen LogP contribution in [0.2, 0.25) is 0 Å². The maximum atomic E-state index is 12.6. The minimum Gasteiger partial charge on any atom is -0.471 e. The van der Waals surface area contributed by atoms with Crippen molar-refractivity contribution in [1.29, 1.82) is 0 Å². The molecule has 0 atom stereocenters. The number of benzene rings is 3. The van der Waals surface area contributed by atoms with Crippen molar-refractivity contribution in [3.63, 3.8) is 0 Å². The Bertz CT molecular complexity index is 1370. The lowest BCUT2D eigenvalue weighted by atomic mass is 10.2. The number of hydrogen-bond acceptors (Lipinski definition) is 5. The van der Waals surface area contributed by atoms with Gasteiger partial charge in [-0.15, -0.1) is 11.3 Å². The summed E-state index contributed by atoms with van der Waals surface area (Å²) in [7, 11) is 0. The van der Waals surface area contributed by atoms with Crippen LogP contribution < -0.4 is 10.1 Å². The molecule has 0 saturated heterocycles. The molecule has 5 aromatic rings. The first-order valence-electron chi connectivity index (χ1n) is 10.1. The van der Waals surface area contributed by atoms with E-state index in [0.29, 0.717) is 11.4 Å². The molecular formula is C25H20N4O2S. The highest BCUT2D eigenvalue weighted by molar-refractivity contribution is 7.21. The zero-order valence-electron chi connectivity index (χ0n) is 17.4. The highest BCUT2D eigenvalue weighted by Gasteiger charge is 2.11. The first-order chi connectivity index (χ1) is 15.6. The molecule has 0 saturated carbocycles. The van der Waals surface area contributed by atoms with Crippen LogP contribution in [-0.2, 0) is 6.73 Å². The topological polar surface area (TPSA) is 69.0 Å². The van der Waals surface area contributed by atoms with Crippen molar-refractivity contribution in [2.75, 3.05) is 5.32 Å². The van der Waals surface area contributed by atoms with Gasteiger partial charge in [-0.3, -0.25) is 4.79 Å². The molecule has 0 fully saturated rings. The minimum atomic E-state index is -0.272. The Morgan fingerprint density at radius 3 is 2.66 bits per heavy atom. The molecule has 0 radical (unpaired) electrons. The van der Waals surface area contributed by atoms with Gasteiger partial charge in [-0.1, -0.05) is 24.3 Å². The molecule has 5 rings (SSSR count). The Balaban J connectivity index is 1.23. The number of nitrogens with zero attached hydrogens (tertiary/aromatic N) is 3.